The van der Waals surface area contributed by atoms with E-state index in [1.165, 1.54) is 6.33 Å². The fourth-order valence-electron chi connectivity index (χ4n) is 1.34. The molecule has 0 spiro atoms. The summed E-state index contributed by atoms with van der Waals surface area (Å²) < 4.78 is 10.4. The highest BCUT2D eigenvalue weighted by Crippen LogP contribution is 2.18. The summed E-state index contributed by atoms with van der Waals surface area (Å²) in [4.78, 5) is 11.6. The molecule has 0 saturated carbocycles. The molecule has 1 aromatic carbocycles. The molecule has 0 atom stereocenters. The molecular weight excluding hydrogens is 268 g/mol. The fraction of sp³-hybridized carbons (Fsp3) is 0.250. The minimum Gasteiger partial charge on any atom is -0.491 e. The number of hydrogen-bond donors (Lipinski definition) is 1. The van der Waals surface area contributed by atoms with E-state index >= 15 is 0 Å². The van der Waals surface area contributed by atoms with Crippen molar-refractivity contribution in [1.29, 1.82) is 0 Å². The van der Waals surface area contributed by atoms with Crippen LogP contribution in [0, 0.1) is 0 Å². The first-order chi connectivity index (χ1) is 9.28. The van der Waals surface area contributed by atoms with Gasteiger partial charge >= 0.3 is 0 Å². The number of benzene rings is 1. The van der Waals surface area contributed by atoms with E-state index in [0.717, 1.165) is 11.4 Å². The van der Waals surface area contributed by atoms with Gasteiger partial charge in [0.25, 0.3) is 0 Å². The van der Waals surface area contributed by atoms with E-state index in [-0.39, 0.29) is 5.28 Å². The van der Waals surface area contributed by atoms with Gasteiger partial charge in [0.2, 0.25) is 11.2 Å². The molecule has 0 aliphatic carbocycles. The second-order valence-corrected chi connectivity index (χ2v) is 3.91. The van der Waals surface area contributed by atoms with Crippen LogP contribution in [0.2, 0.25) is 5.28 Å². The lowest BCUT2D eigenvalue weighted by molar-refractivity contribution is 0.146. The summed E-state index contributed by atoms with van der Waals surface area (Å²) in [5.74, 6) is 1.17. The Kier molecular flexibility index (Phi) is 4.88. The van der Waals surface area contributed by atoms with Crippen LogP contribution in [0.15, 0.2) is 30.6 Å². The average molecular weight is 281 g/mol. The number of ether oxygens (including phenoxy) is 2. The summed E-state index contributed by atoms with van der Waals surface area (Å²) in [6, 6.07) is 7.42. The second kappa shape index (κ2) is 6.86. The Hall–Kier alpha value is -1.92. The van der Waals surface area contributed by atoms with Crippen molar-refractivity contribution in [3.8, 4) is 5.75 Å². The van der Waals surface area contributed by atoms with E-state index in [0.29, 0.717) is 19.2 Å². The van der Waals surface area contributed by atoms with Crippen LogP contribution >= 0.6 is 11.6 Å². The molecule has 0 unspecified atom stereocenters. The molecule has 0 amide bonds. The van der Waals surface area contributed by atoms with Gasteiger partial charge in [0.1, 0.15) is 18.7 Å². The number of nitrogens with one attached hydrogen (secondary N) is 1. The monoisotopic (exact) mass is 280 g/mol. The molecule has 7 heteroatoms. The maximum Gasteiger partial charge on any atom is 0.231 e. The molecule has 100 valence electrons. The highest BCUT2D eigenvalue weighted by Gasteiger charge is 2.00. The zero-order valence-corrected chi connectivity index (χ0v) is 11.1. The first-order valence-electron chi connectivity index (χ1n) is 5.61. The van der Waals surface area contributed by atoms with Gasteiger partial charge in [-0.3, -0.25) is 0 Å². The number of anilines is 2. The van der Waals surface area contributed by atoms with Crippen molar-refractivity contribution in [3.63, 3.8) is 0 Å². The highest BCUT2D eigenvalue weighted by molar-refractivity contribution is 6.28. The van der Waals surface area contributed by atoms with Gasteiger partial charge in [-0.05, 0) is 35.9 Å². The topological polar surface area (TPSA) is 69.2 Å². The van der Waals surface area contributed by atoms with Gasteiger partial charge in [-0.25, -0.2) is 9.97 Å². The van der Waals surface area contributed by atoms with Crippen LogP contribution in [0.5, 0.6) is 5.75 Å². The summed E-state index contributed by atoms with van der Waals surface area (Å²) in [5.41, 5.74) is 0.835. The van der Waals surface area contributed by atoms with Crippen LogP contribution in [0.1, 0.15) is 0 Å². The maximum absolute atomic E-state index is 5.67. The quantitative estimate of drug-likeness (QED) is 0.819. The molecule has 0 aliphatic heterocycles. The summed E-state index contributed by atoms with van der Waals surface area (Å²) in [6.07, 6.45) is 1.35. The zero-order valence-electron chi connectivity index (χ0n) is 10.3. The predicted molar refractivity (Wildman–Crippen MR) is 71.9 cm³/mol. The van der Waals surface area contributed by atoms with Crippen LogP contribution in [0.3, 0.4) is 0 Å². The number of rotatable bonds is 6. The van der Waals surface area contributed by atoms with E-state index in [2.05, 4.69) is 20.3 Å². The Morgan fingerprint density at radius 1 is 1.16 bits per heavy atom. The van der Waals surface area contributed by atoms with Gasteiger partial charge in [0.15, 0.2) is 0 Å². The first kappa shape index (κ1) is 13.5. The van der Waals surface area contributed by atoms with Crippen LogP contribution in [-0.2, 0) is 4.74 Å². The smallest absolute Gasteiger partial charge is 0.231 e. The Bertz CT molecular complexity index is 521. The molecule has 0 saturated heterocycles. The summed E-state index contributed by atoms with van der Waals surface area (Å²) in [5, 5.41) is 3.16. The maximum atomic E-state index is 5.67. The van der Waals surface area contributed by atoms with Crippen LogP contribution in [0.25, 0.3) is 0 Å². The lowest BCUT2D eigenvalue weighted by Gasteiger charge is -2.07. The van der Waals surface area contributed by atoms with E-state index in [1.54, 1.807) is 7.11 Å². The fourth-order valence-corrected chi connectivity index (χ4v) is 1.47. The van der Waals surface area contributed by atoms with Gasteiger partial charge in [-0.2, -0.15) is 4.98 Å². The zero-order chi connectivity index (χ0) is 13.5. The largest absolute Gasteiger partial charge is 0.491 e. The number of hydrogen-bond acceptors (Lipinski definition) is 6. The average Bonchev–Trinajstić information content (AvgIpc) is 2.41. The Balaban J connectivity index is 1.95. The van der Waals surface area contributed by atoms with Gasteiger partial charge in [-0.15, -0.1) is 0 Å². The molecule has 0 bridgehead atoms. The molecule has 2 rings (SSSR count). The van der Waals surface area contributed by atoms with Gasteiger partial charge in [0, 0.05) is 12.8 Å². The van der Waals surface area contributed by atoms with Crippen molar-refractivity contribution in [1.82, 2.24) is 15.0 Å². The summed E-state index contributed by atoms with van der Waals surface area (Å²) in [6.45, 7) is 1.08. The predicted octanol–water partition coefficient (Wildman–Crippen LogP) is 2.29. The summed E-state index contributed by atoms with van der Waals surface area (Å²) >= 11 is 5.67. The molecule has 6 nitrogen and oxygen atoms in total. The van der Waals surface area contributed by atoms with Crippen LogP contribution in [-0.4, -0.2) is 35.3 Å². The van der Waals surface area contributed by atoms with Crippen molar-refractivity contribution in [3.05, 3.63) is 35.9 Å². The molecule has 1 N–H and O–H groups in total. The standard InChI is InChI=1S/C12H13ClN4O2/c1-18-6-7-19-10-4-2-9(3-5-10)16-12-15-8-14-11(13)17-12/h2-5,8H,6-7H2,1H3,(H,14,15,16,17). The Morgan fingerprint density at radius 3 is 2.63 bits per heavy atom. The van der Waals surface area contributed by atoms with E-state index < -0.39 is 0 Å². The third-order valence-electron chi connectivity index (χ3n) is 2.21. The Morgan fingerprint density at radius 2 is 1.95 bits per heavy atom. The van der Waals surface area contributed by atoms with Crippen molar-refractivity contribution in [2.24, 2.45) is 0 Å². The molecule has 19 heavy (non-hydrogen) atoms. The number of aromatic nitrogens is 3. The molecule has 1 aromatic heterocycles. The van der Waals surface area contributed by atoms with Crippen molar-refractivity contribution in [2.45, 2.75) is 0 Å². The van der Waals surface area contributed by atoms with E-state index in [1.807, 2.05) is 24.3 Å². The number of halogens is 1. The van der Waals surface area contributed by atoms with Crippen LogP contribution < -0.4 is 10.1 Å². The molecule has 0 aliphatic rings. The molecule has 0 radical (unpaired) electrons. The minimum absolute atomic E-state index is 0.150. The van der Waals surface area contributed by atoms with Crippen molar-refractivity contribution in [2.75, 3.05) is 25.6 Å². The molecular formula is C12H13ClN4O2. The second-order valence-electron chi connectivity index (χ2n) is 3.57. The SMILES string of the molecule is COCCOc1ccc(Nc2ncnc(Cl)n2)cc1. The van der Waals surface area contributed by atoms with E-state index in [4.69, 9.17) is 21.1 Å². The van der Waals surface area contributed by atoms with Crippen LogP contribution in [0.4, 0.5) is 11.6 Å². The summed E-state index contributed by atoms with van der Waals surface area (Å²) in [7, 11) is 1.64. The minimum atomic E-state index is 0.150. The van der Waals surface area contributed by atoms with E-state index in [9.17, 15) is 0 Å². The number of nitrogens with zero attached hydrogens (tertiary/aromatic N) is 3. The van der Waals surface area contributed by atoms with Gasteiger partial charge in [0.05, 0.1) is 6.61 Å². The lowest BCUT2D eigenvalue weighted by Crippen LogP contribution is -2.04. The molecule has 1 heterocycles. The lowest BCUT2D eigenvalue weighted by atomic mass is 10.3. The van der Waals surface area contributed by atoms with Gasteiger partial charge < -0.3 is 14.8 Å². The molecule has 2 aromatic rings. The normalized spacial score (nSPS) is 10.2. The molecule has 0 fully saturated rings. The van der Waals surface area contributed by atoms with Crippen molar-refractivity contribution >= 4 is 23.2 Å². The first-order valence-corrected chi connectivity index (χ1v) is 5.99. The third kappa shape index (κ3) is 4.35. The highest BCUT2D eigenvalue weighted by atomic mass is 35.5. The van der Waals surface area contributed by atoms with Crippen molar-refractivity contribution < 1.29 is 9.47 Å². The third-order valence-corrected chi connectivity index (χ3v) is 2.39. The van der Waals surface area contributed by atoms with Gasteiger partial charge in [-0.1, -0.05) is 0 Å². The number of methoxy groups -OCH3 is 1. The Labute approximate surface area is 115 Å².